The van der Waals surface area contributed by atoms with E-state index in [0.29, 0.717) is 5.25 Å². The minimum atomic E-state index is -0.685. The highest BCUT2D eigenvalue weighted by atomic mass is 32.2. The number of rotatable bonds is 4. The molecule has 1 fully saturated rings. The summed E-state index contributed by atoms with van der Waals surface area (Å²) in [7, 11) is 0. The topological polar surface area (TPSA) is 37.3 Å². The van der Waals surface area contributed by atoms with Crippen LogP contribution in [-0.2, 0) is 4.79 Å². The van der Waals surface area contributed by atoms with E-state index in [1.54, 1.807) is 5.57 Å². The molecule has 1 aliphatic carbocycles. The fraction of sp³-hybridized carbons (Fsp3) is 0.769. The number of carbonyl (C=O) groups is 1. The van der Waals surface area contributed by atoms with E-state index in [1.165, 1.54) is 24.8 Å². The second kappa shape index (κ2) is 6.33. The summed E-state index contributed by atoms with van der Waals surface area (Å²) in [6, 6.07) is 0. The summed E-state index contributed by atoms with van der Waals surface area (Å²) in [5, 5.41) is 9.21. The van der Waals surface area contributed by atoms with Crippen LogP contribution in [0.15, 0.2) is 11.1 Å². The van der Waals surface area contributed by atoms with Crippen molar-refractivity contribution < 1.29 is 9.90 Å². The first-order chi connectivity index (χ1) is 7.50. The normalized spacial score (nSPS) is 25.6. The van der Waals surface area contributed by atoms with Gasteiger partial charge in [-0.2, -0.15) is 11.8 Å². The standard InChI is InChI=1S/C13H22O2S/c1-9(2)11-5-4-10(3)8-12(11)16-7-6-13(14)15/h10,12H,4-8H2,1-3H3,(H,14,15). The van der Waals surface area contributed by atoms with E-state index in [1.807, 2.05) is 11.8 Å². The van der Waals surface area contributed by atoms with Gasteiger partial charge in [0.15, 0.2) is 0 Å². The van der Waals surface area contributed by atoms with Crippen molar-refractivity contribution in [1.82, 2.24) is 0 Å². The molecule has 0 spiro atoms. The number of allylic oxidation sites excluding steroid dienone is 1. The molecule has 1 N–H and O–H groups in total. The Hall–Kier alpha value is -0.440. The summed E-state index contributed by atoms with van der Waals surface area (Å²) in [6.07, 6.45) is 3.99. The Morgan fingerprint density at radius 1 is 1.50 bits per heavy atom. The maximum atomic E-state index is 10.5. The molecule has 1 aliphatic rings. The molecular weight excluding hydrogens is 220 g/mol. The molecule has 0 amide bonds. The van der Waals surface area contributed by atoms with E-state index in [4.69, 9.17) is 5.11 Å². The van der Waals surface area contributed by atoms with Crippen LogP contribution in [0, 0.1) is 5.92 Å². The van der Waals surface area contributed by atoms with E-state index in [2.05, 4.69) is 20.8 Å². The predicted octanol–water partition coefficient (Wildman–Crippen LogP) is 3.72. The minimum absolute atomic E-state index is 0.283. The number of hydrogen-bond acceptors (Lipinski definition) is 2. The van der Waals surface area contributed by atoms with E-state index < -0.39 is 5.97 Å². The molecule has 0 aliphatic heterocycles. The first-order valence-corrected chi connectivity index (χ1v) is 7.05. The average Bonchev–Trinajstić information content (AvgIpc) is 2.16. The fourth-order valence-electron chi connectivity index (χ4n) is 2.22. The molecular formula is C13H22O2S. The van der Waals surface area contributed by atoms with Crippen molar-refractivity contribution in [2.75, 3.05) is 5.75 Å². The Balaban J connectivity index is 2.52. The summed E-state index contributed by atoms with van der Waals surface area (Å²) in [5.41, 5.74) is 2.99. The molecule has 16 heavy (non-hydrogen) atoms. The number of carboxylic acid groups (broad SMARTS) is 1. The van der Waals surface area contributed by atoms with Crippen LogP contribution in [0.1, 0.15) is 46.5 Å². The molecule has 2 unspecified atom stereocenters. The van der Waals surface area contributed by atoms with Gasteiger partial charge in [0.25, 0.3) is 0 Å². The van der Waals surface area contributed by atoms with Crippen molar-refractivity contribution >= 4 is 17.7 Å². The van der Waals surface area contributed by atoms with Crippen LogP contribution in [0.3, 0.4) is 0 Å². The second-order valence-electron chi connectivity index (χ2n) is 4.91. The van der Waals surface area contributed by atoms with Crippen LogP contribution in [0.4, 0.5) is 0 Å². The predicted molar refractivity (Wildman–Crippen MR) is 69.9 cm³/mol. The zero-order chi connectivity index (χ0) is 12.1. The zero-order valence-corrected chi connectivity index (χ0v) is 11.3. The summed E-state index contributed by atoms with van der Waals surface area (Å²) in [6.45, 7) is 6.65. The van der Waals surface area contributed by atoms with Gasteiger partial charge in [-0.3, -0.25) is 4.79 Å². The highest BCUT2D eigenvalue weighted by Gasteiger charge is 2.24. The van der Waals surface area contributed by atoms with Gasteiger partial charge in [-0.15, -0.1) is 0 Å². The molecule has 0 heterocycles. The summed E-state index contributed by atoms with van der Waals surface area (Å²) < 4.78 is 0. The Bertz CT molecular complexity index is 280. The highest BCUT2D eigenvalue weighted by molar-refractivity contribution is 8.00. The lowest BCUT2D eigenvalue weighted by molar-refractivity contribution is -0.136. The van der Waals surface area contributed by atoms with Crippen molar-refractivity contribution in [3.63, 3.8) is 0 Å². The number of thioether (sulfide) groups is 1. The molecule has 0 aromatic rings. The maximum absolute atomic E-state index is 10.5. The molecule has 0 aromatic carbocycles. The van der Waals surface area contributed by atoms with Crippen molar-refractivity contribution in [3.8, 4) is 0 Å². The Morgan fingerprint density at radius 2 is 2.19 bits per heavy atom. The fourth-order valence-corrected chi connectivity index (χ4v) is 3.81. The van der Waals surface area contributed by atoms with Gasteiger partial charge in [-0.1, -0.05) is 18.1 Å². The van der Waals surface area contributed by atoms with Crippen molar-refractivity contribution in [1.29, 1.82) is 0 Å². The molecule has 2 atom stereocenters. The zero-order valence-electron chi connectivity index (χ0n) is 10.5. The van der Waals surface area contributed by atoms with Gasteiger partial charge in [0, 0.05) is 11.0 Å². The summed E-state index contributed by atoms with van der Waals surface area (Å²) in [4.78, 5) is 10.5. The molecule has 0 radical (unpaired) electrons. The van der Waals surface area contributed by atoms with Gasteiger partial charge in [-0.05, 0) is 39.0 Å². The van der Waals surface area contributed by atoms with Crippen LogP contribution in [0.25, 0.3) is 0 Å². The maximum Gasteiger partial charge on any atom is 0.304 e. The van der Waals surface area contributed by atoms with Crippen LogP contribution < -0.4 is 0 Å². The third kappa shape index (κ3) is 4.20. The molecule has 1 rings (SSSR count). The van der Waals surface area contributed by atoms with Crippen molar-refractivity contribution in [2.24, 2.45) is 5.92 Å². The molecule has 1 saturated carbocycles. The Kier molecular flexibility index (Phi) is 5.39. The number of hydrogen-bond donors (Lipinski definition) is 1. The SMILES string of the molecule is CC(C)=C1CCC(C)CC1SCCC(=O)O. The minimum Gasteiger partial charge on any atom is -0.481 e. The van der Waals surface area contributed by atoms with Gasteiger partial charge < -0.3 is 5.11 Å². The lowest BCUT2D eigenvalue weighted by Gasteiger charge is -2.30. The van der Waals surface area contributed by atoms with E-state index in [9.17, 15) is 4.79 Å². The smallest absolute Gasteiger partial charge is 0.304 e. The van der Waals surface area contributed by atoms with Crippen molar-refractivity contribution in [2.45, 2.75) is 51.7 Å². The molecule has 92 valence electrons. The first kappa shape index (κ1) is 13.6. The number of carboxylic acids is 1. The lowest BCUT2D eigenvalue weighted by atomic mass is 9.85. The molecule has 2 nitrogen and oxygen atoms in total. The van der Waals surface area contributed by atoms with E-state index >= 15 is 0 Å². The van der Waals surface area contributed by atoms with Gasteiger partial charge in [0.2, 0.25) is 0 Å². The van der Waals surface area contributed by atoms with Gasteiger partial charge in [0.1, 0.15) is 0 Å². The molecule has 0 bridgehead atoms. The Labute approximate surface area is 103 Å². The monoisotopic (exact) mass is 242 g/mol. The molecule has 0 aromatic heterocycles. The van der Waals surface area contributed by atoms with Crippen molar-refractivity contribution in [3.05, 3.63) is 11.1 Å². The quantitative estimate of drug-likeness (QED) is 0.763. The highest BCUT2D eigenvalue weighted by Crippen LogP contribution is 2.37. The van der Waals surface area contributed by atoms with Gasteiger partial charge in [-0.25, -0.2) is 0 Å². The van der Waals surface area contributed by atoms with Crippen LogP contribution in [0.5, 0.6) is 0 Å². The number of aliphatic carboxylic acids is 1. The average molecular weight is 242 g/mol. The summed E-state index contributed by atoms with van der Waals surface area (Å²) in [5.74, 6) is 0.837. The van der Waals surface area contributed by atoms with Gasteiger partial charge in [0.05, 0.1) is 6.42 Å². The van der Waals surface area contributed by atoms with Crippen LogP contribution in [-0.4, -0.2) is 22.1 Å². The largest absolute Gasteiger partial charge is 0.481 e. The first-order valence-electron chi connectivity index (χ1n) is 6.00. The lowest BCUT2D eigenvalue weighted by Crippen LogP contribution is -2.20. The third-order valence-electron chi connectivity index (χ3n) is 3.19. The molecule has 0 saturated heterocycles. The Morgan fingerprint density at radius 3 is 2.75 bits per heavy atom. The van der Waals surface area contributed by atoms with Crippen LogP contribution in [0.2, 0.25) is 0 Å². The second-order valence-corrected chi connectivity index (χ2v) is 6.22. The van der Waals surface area contributed by atoms with Crippen LogP contribution >= 0.6 is 11.8 Å². The van der Waals surface area contributed by atoms with Gasteiger partial charge >= 0.3 is 5.97 Å². The van der Waals surface area contributed by atoms with E-state index in [0.717, 1.165) is 11.7 Å². The third-order valence-corrected chi connectivity index (χ3v) is 4.51. The molecule has 3 heteroatoms. The van der Waals surface area contributed by atoms with E-state index in [-0.39, 0.29) is 6.42 Å². The summed E-state index contributed by atoms with van der Waals surface area (Å²) >= 11 is 1.83.